The molecule has 68 valence electrons. The number of halogens is 1. The average Bonchev–Trinajstić information content (AvgIpc) is 2.53. The normalized spacial score (nSPS) is 16.4. The molecular formula is C10H15ClS. The van der Waals surface area contributed by atoms with Crippen molar-refractivity contribution < 1.29 is 0 Å². The monoisotopic (exact) mass is 202 g/mol. The Balaban J connectivity index is 2.65. The summed E-state index contributed by atoms with van der Waals surface area (Å²) in [7, 11) is 0. The highest BCUT2D eigenvalue weighted by atomic mass is 35.5. The van der Waals surface area contributed by atoms with Gasteiger partial charge in [0.25, 0.3) is 0 Å². The van der Waals surface area contributed by atoms with Gasteiger partial charge in [0.2, 0.25) is 0 Å². The second-order valence-electron chi connectivity index (χ2n) is 3.52. The van der Waals surface area contributed by atoms with Crippen LogP contribution in [0, 0.1) is 11.8 Å². The fourth-order valence-corrected chi connectivity index (χ4v) is 2.38. The van der Waals surface area contributed by atoms with Crippen LogP contribution in [0.4, 0.5) is 0 Å². The van der Waals surface area contributed by atoms with Crippen LogP contribution >= 0.6 is 22.9 Å². The Kier molecular flexibility index (Phi) is 3.60. The zero-order valence-corrected chi connectivity index (χ0v) is 9.32. The summed E-state index contributed by atoms with van der Waals surface area (Å²) in [5, 5.41) is 2.27. The summed E-state index contributed by atoms with van der Waals surface area (Å²) >= 11 is 8.05. The molecule has 0 N–H and O–H groups in total. The van der Waals surface area contributed by atoms with E-state index < -0.39 is 0 Å². The first-order chi connectivity index (χ1) is 5.63. The molecule has 1 aromatic heterocycles. The quantitative estimate of drug-likeness (QED) is 0.641. The number of thiophene rings is 1. The molecule has 1 aromatic rings. The van der Waals surface area contributed by atoms with Crippen molar-refractivity contribution in [1.29, 1.82) is 0 Å². The maximum Gasteiger partial charge on any atom is 0.0706 e. The van der Waals surface area contributed by atoms with E-state index in [0.717, 1.165) is 0 Å². The molecule has 0 radical (unpaired) electrons. The minimum Gasteiger partial charge on any atom is -0.147 e. The van der Waals surface area contributed by atoms with E-state index in [2.05, 4.69) is 38.3 Å². The summed E-state index contributed by atoms with van der Waals surface area (Å²) in [6.07, 6.45) is 0. The highest BCUT2D eigenvalue weighted by Crippen LogP contribution is 2.35. The summed E-state index contributed by atoms with van der Waals surface area (Å²) in [6.45, 7) is 6.64. The van der Waals surface area contributed by atoms with Crippen LogP contribution in [0.2, 0.25) is 0 Å². The Morgan fingerprint density at radius 2 is 2.00 bits per heavy atom. The van der Waals surface area contributed by atoms with Crippen LogP contribution in [0.25, 0.3) is 0 Å². The molecule has 0 saturated heterocycles. The van der Waals surface area contributed by atoms with E-state index in [1.807, 2.05) is 0 Å². The summed E-state index contributed by atoms with van der Waals surface area (Å²) in [5.74, 6) is 1.19. The van der Waals surface area contributed by atoms with E-state index in [-0.39, 0.29) is 5.38 Å². The lowest BCUT2D eigenvalue weighted by atomic mass is 9.94. The highest BCUT2D eigenvalue weighted by Gasteiger charge is 2.19. The maximum atomic E-state index is 6.30. The van der Waals surface area contributed by atoms with E-state index in [1.54, 1.807) is 11.3 Å². The molecule has 1 heterocycles. The van der Waals surface area contributed by atoms with Gasteiger partial charge in [0.15, 0.2) is 0 Å². The standard InChI is InChI=1S/C10H15ClS/c1-7(2)8(3)10(11)9-5-4-6-12-9/h4-8,10H,1-3H3. The molecule has 1 rings (SSSR count). The van der Waals surface area contributed by atoms with Gasteiger partial charge in [0, 0.05) is 4.88 Å². The van der Waals surface area contributed by atoms with Gasteiger partial charge in [0.05, 0.1) is 5.38 Å². The molecule has 0 saturated carbocycles. The first kappa shape index (κ1) is 10.1. The third kappa shape index (κ3) is 2.24. The van der Waals surface area contributed by atoms with Crippen LogP contribution in [-0.4, -0.2) is 0 Å². The van der Waals surface area contributed by atoms with Crippen LogP contribution < -0.4 is 0 Å². The van der Waals surface area contributed by atoms with E-state index in [9.17, 15) is 0 Å². The summed E-state index contributed by atoms with van der Waals surface area (Å²) in [5.41, 5.74) is 0. The molecule has 2 atom stereocenters. The van der Waals surface area contributed by atoms with Gasteiger partial charge in [0.1, 0.15) is 0 Å². The molecule has 12 heavy (non-hydrogen) atoms. The van der Waals surface area contributed by atoms with Gasteiger partial charge >= 0.3 is 0 Å². The summed E-state index contributed by atoms with van der Waals surface area (Å²) < 4.78 is 0. The van der Waals surface area contributed by atoms with Crippen molar-refractivity contribution in [3.63, 3.8) is 0 Å². The molecular weight excluding hydrogens is 188 g/mol. The molecule has 0 nitrogen and oxygen atoms in total. The minimum absolute atomic E-state index is 0.185. The Morgan fingerprint density at radius 1 is 1.33 bits per heavy atom. The molecule has 2 heteroatoms. The van der Waals surface area contributed by atoms with E-state index in [1.165, 1.54) is 4.88 Å². The van der Waals surface area contributed by atoms with Crippen molar-refractivity contribution in [2.45, 2.75) is 26.1 Å². The van der Waals surface area contributed by atoms with Crippen molar-refractivity contribution in [3.05, 3.63) is 22.4 Å². The van der Waals surface area contributed by atoms with Crippen molar-refractivity contribution in [2.75, 3.05) is 0 Å². The fraction of sp³-hybridized carbons (Fsp3) is 0.600. The van der Waals surface area contributed by atoms with Crippen LogP contribution in [0.15, 0.2) is 17.5 Å². The second kappa shape index (κ2) is 4.29. The van der Waals surface area contributed by atoms with Gasteiger partial charge in [-0.05, 0) is 23.3 Å². The van der Waals surface area contributed by atoms with Crippen LogP contribution in [0.3, 0.4) is 0 Å². The topological polar surface area (TPSA) is 0 Å². The first-order valence-electron chi connectivity index (χ1n) is 4.30. The number of rotatable bonds is 3. The minimum atomic E-state index is 0.185. The Hall–Kier alpha value is -0.0100. The van der Waals surface area contributed by atoms with Crippen LogP contribution in [0.5, 0.6) is 0 Å². The Labute approximate surface area is 83.6 Å². The summed E-state index contributed by atoms with van der Waals surface area (Å²) in [6, 6.07) is 4.17. The third-order valence-corrected chi connectivity index (χ3v) is 4.05. The second-order valence-corrected chi connectivity index (χ2v) is 4.97. The fourth-order valence-electron chi connectivity index (χ4n) is 1.05. The maximum absolute atomic E-state index is 6.30. The molecule has 0 aliphatic heterocycles. The molecule has 0 aliphatic rings. The van der Waals surface area contributed by atoms with Crippen molar-refractivity contribution in [3.8, 4) is 0 Å². The van der Waals surface area contributed by atoms with Crippen molar-refractivity contribution in [2.24, 2.45) is 11.8 Å². The molecule has 0 aliphatic carbocycles. The van der Waals surface area contributed by atoms with Gasteiger partial charge in [-0.2, -0.15) is 0 Å². The van der Waals surface area contributed by atoms with Crippen LogP contribution in [0.1, 0.15) is 31.0 Å². The third-order valence-electron chi connectivity index (χ3n) is 2.33. The number of hydrogen-bond donors (Lipinski definition) is 0. The Morgan fingerprint density at radius 3 is 2.42 bits per heavy atom. The summed E-state index contributed by atoms with van der Waals surface area (Å²) in [4.78, 5) is 1.29. The van der Waals surface area contributed by atoms with E-state index in [0.29, 0.717) is 11.8 Å². The van der Waals surface area contributed by atoms with Gasteiger partial charge < -0.3 is 0 Å². The van der Waals surface area contributed by atoms with Gasteiger partial charge in [-0.3, -0.25) is 0 Å². The largest absolute Gasteiger partial charge is 0.147 e. The lowest BCUT2D eigenvalue weighted by molar-refractivity contribution is 0.409. The van der Waals surface area contributed by atoms with Gasteiger partial charge in [-0.1, -0.05) is 26.8 Å². The lowest BCUT2D eigenvalue weighted by Gasteiger charge is -2.20. The van der Waals surface area contributed by atoms with Gasteiger partial charge in [-0.25, -0.2) is 0 Å². The molecule has 2 unspecified atom stereocenters. The zero-order chi connectivity index (χ0) is 9.14. The highest BCUT2D eigenvalue weighted by molar-refractivity contribution is 7.10. The molecule has 0 bridgehead atoms. The predicted octanol–water partition coefficient (Wildman–Crippen LogP) is 4.32. The first-order valence-corrected chi connectivity index (χ1v) is 5.62. The molecule has 0 amide bonds. The molecule has 0 spiro atoms. The Bertz CT molecular complexity index is 216. The smallest absolute Gasteiger partial charge is 0.0706 e. The average molecular weight is 203 g/mol. The number of alkyl halides is 1. The molecule has 0 fully saturated rings. The van der Waals surface area contributed by atoms with Crippen LogP contribution in [-0.2, 0) is 0 Å². The predicted molar refractivity (Wildman–Crippen MR) is 56.9 cm³/mol. The van der Waals surface area contributed by atoms with Crippen molar-refractivity contribution >= 4 is 22.9 Å². The van der Waals surface area contributed by atoms with Gasteiger partial charge in [-0.15, -0.1) is 22.9 Å². The number of hydrogen-bond acceptors (Lipinski definition) is 1. The zero-order valence-electron chi connectivity index (χ0n) is 7.75. The van der Waals surface area contributed by atoms with E-state index >= 15 is 0 Å². The molecule has 0 aromatic carbocycles. The van der Waals surface area contributed by atoms with Crippen molar-refractivity contribution in [1.82, 2.24) is 0 Å². The lowest BCUT2D eigenvalue weighted by Crippen LogP contribution is -2.09. The van der Waals surface area contributed by atoms with E-state index in [4.69, 9.17) is 11.6 Å². The SMILES string of the molecule is CC(C)C(C)C(Cl)c1cccs1.